The Labute approximate surface area is 515 Å². The van der Waals surface area contributed by atoms with E-state index < -0.39 is 0 Å². The number of fused-ring (bicyclic) bond motifs is 15. The molecule has 4 heteroatoms. The Morgan fingerprint density at radius 1 is 0.287 bits per heavy atom. The molecule has 0 saturated heterocycles. The van der Waals surface area contributed by atoms with Crippen molar-refractivity contribution >= 4 is 66.4 Å². The Bertz CT molecular complexity index is 4230. The van der Waals surface area contributed by atoms with Gasteiger partial charge in [0.05, 0.1) is 22.1 Å². The van der Waals surface area contributed by atoms with Gasteiger partial charge in [0.2, 0.25) is 0 Å². The van der Waals surface area contributed by atoms with Crippen molar-refractivity contribution in [2.24, 2.45) is 0 Å². The molecule has 0 fully saturated rings. The van der Waals surface area contributed by atoms with E-state index in [4.69, 9.17) is 0 Å². The molecule has 434 valence electrons. The van der Waals surface area contributed by atoms with Crippen LogP contribution in [0.5, 0.6) is 0 Å². The Morgan fingerprint density at radius 3 is 0.908 bits per heavy atom. The molecular weight excluding hydrogens is 1050 g/mol. The molecule has 3 aliphatic rings. The van der Waals surface area contributed by atoms with Crippen molar-refractivity contribution in [2.45, 2.75) is 148 Å². The molecule has 0 amide bonds. The molecule has 3 aliphatic carbocycles. The smallest absolute Gasteiger partial charge is 0.0541 e. The fourth-order valence-corrected chi connectivity index (χ4v) is 16.3. The number of rotatable bonds is 20. The summed E-state index contributed by atoms with van der Waals surface area (Å²) in [7, 11) is 0. The van der Waals surface area contributed by atoms with E-state index in [0.29, 0.717) is 0 Å². The van der Waals surface area contributed by atoms with Crippen LogP contribution in [0.3, 0.4) is 0 Å². The number of nitrogens with zero attached hydrogens (tertiary/aromatic N) is 2. The maximum atomic E-state index is 4.03. The van der Waals surface area contributed by atoms with Gasteiger partial charge in [-0.25, -0.2) is 0 Å². The first kappa shape index (κ1) is 55.0. The molecule has 0 radical (unpaired) electrons. The number of unbranched alkanes of at least 4 members (excludes halogenated alkanes) is 10. The predicted molar refractivity (Wildman–Crippen MR) is 372 cm³/mol. The molecule has 0 atom stereocenters. The zero-order chi connectivity index (χ0) is 59.0. The Hall–Kier alpha value is -8.60. The second kappa shape index (κ2) is 22.0. The van der Waals surface area contributed by atoms with Gasteiger partial charge in [-0.2, -0.15) is 0 Å². The minimum atomic E-state index is -0.188. The number of para-hydroxylation sites is 4. The van der Waals surface area contributed by atoms with Gasteiger partial charge in [0.25, 0.3) is 0 Å². The molecule has 0 spiro atoms. The first-order valence-electron chi connectivity index (χ1n) is 33.0. The van der Waals surface area contributed by atoms with Crippen LogP contribution in [-0.4, -0.2) is 9.13 Å². The SMILES string of the molecule is CCCCCCCCC1(CCCCCCCC)c2cc(Nc3ccc4c(c3)C(C)(C)c3cc(-n5c6ccccc6c6ccccc65)ccc3-4)ccc2-c2ccc(Nc3ccc4c(c3)C(C)(C)c3cc(-n5c6ccccc6c6ccccc65)ccc3-4)cc21. The summed E-state index contributed by atoms with van der Waals surface area (Å²) in [6.45, 7) is 14.3. The molecule has 2 N–H and O–H groups in total. The number of benzene rings is 10. The summed E-state index contributed by atoms with van der Waals surface area (Å²) < 4.78 is 4.91. The van der Waals surface area contributed by atoms with E-state index in [2.05, 4.69) is 268 Å². The predicted octanol–water partition coefficient (Wildman–Crippen LogP) is 23.7. The van der Waals surface area contributed by atoms with E-state index in [9.17, 15) is 0 Å². The van der Waals surface area contributed by atoms with Crippen LogP contribution in [0.2, 0.25) is 0 Å². The van der Waals surface area contributed by atoms with Crippen molar-refractivity contribution < 1.29 is 0 Å². The molecule has 4 nitrogen and oxygen atoms in total. The number of hydrogen-bond acceptors (Lipinski definition) is 2. The van der Waals surface area contributed by atoms with Crippen molar-refractivity contribution in [2.75, 3.05) is 10.6 Å². The highest BCUT2D eigenvalue weighted by Gasteiger charge is 2.43. The first-order chi connectivity index (χ1) is 42.6. The van der Waals surface area contributed by atoms with E-state index in [0.717, 1.165) is 24.2 Å². The fraction of sp³-hybridized carbons (Fsp3) is 0.277. The van der Waals surface area contributed by atoms with Gasteiger partial charge >= 0.3 is 0 Å². The second-order valence-corrected chi connectivity index (χ2v) is 26.9. The quantitative estimate of drug-likeness (QED) is 0.0746. The molecule has 0 unspecified atom stereocenters. The van der Waals surface area contributed by atoms with Gasteiger partial charge in [-0.1, -0.05) is 228 Å². The summed E-state index contributed by atoms with van der Waals surface area (Å²) in [5.41, 5.74) is 28.2. The average Bonchev–Trinajstić information content (AvgIpc) is 1.63. The Morgan fingerprint density at radius 2 is 0.563 bits per heavy atom. The molecule has 0 aliphatic heterocycles. The van der Waals surface area contributed by atoms with Gasteiger partial charge in [-0.3, -0.25) is 0 Å². The molecule has 12 aromatic rings. The van der Waals surface area contributed by atoms with Crippen molar-refractivity contribution in [3.8, 4) is 44.8 Å². The number of hydrogen-bond donors (Lipinski definition) is 2. The summed E-state index contributed by atoms with van der Waals surface area (Å²) in [5, 5.41) is 13.2. The lowest BCUT2D eigenvalue weighted by Crippen LogP contribution is -2.26. The summed E-state index contributed by atoms with van der Waals surface area (Å²) in [5.74, 6) is 0. The van der Waals surface area contributed by atoms with E-state index >= 15 is 0 Å². The maximum absolute atomic E-state index is 4.03. The average molecular weight is 1140 g/mol. The number of aromatic nitrogens is 2. The summed E-state index contributed by atoms with van der Waals surface area (Å²) in [6, 6.07) is 78.6. The van der Waals surface area contributed by atoms with Crippen molar-refractivity contribution in [1.29, 1.82) is 0 Å². The van der Waals surface area contributed by atoms with Gasteiger partial charge in [0, 0.05) is 71.9 Å². The molecule has 0 bridgehead atoms. The van der Waals surface area contributed by atoms with Crippen LogP contribution in [0.1, 0.15) is 165 Å². The Kier molecular flexibility index (Phi) is 13.9. The summed E-state index contributed by atoms with van der Waals surface area (Å²) in [4.78, 5) is 0. The zero-order valence-electron chi connectivity index (χ0n) is 51.9. The van der Waals surface area contributed by atoms with Crippen LogP contribution in [0.4, 0.5) is 22.7 Å². The van der Waals surface area contributed by atoms with Gasteiger partial charge in [0.15, 0.2) is 0 Å². The zero-order valence-corrected chi connectivity index (χ0v) is 51.9. The second-order valence-electron chi connectivity index (χ2n) is 26.9. The van der Waals surface area contributed by atoms with E-state index in [1.54, 1.807) is 0 Å². The Balaban J connectivity index is 0.748. The third-order valence-electron chi connectivity index (χ3n) is 20.8. The third kappa shape index (κ3) is 9.14. The van der Waals surface area contributed by atoms with Gasteiger partial charge in [-0.15, -0.1) is 0 Å². The van der Waals surface area contributed by atoms with Gasteiger partial charge in [0.1, 0.15) is 0 Å². The molecule has 10 aromatic carbocycles. The summed E-state index contributed by atoms with van der Waals surface area (Å²) in [6.07, 6.45) is 17.8. The minimum Gasteiger partial charge on any atom is -0.356 e. The van der Waals surface area contributed by atoms with Crippen LogP contribution in [0, 0.1) is 0 Å². The number of nitrogens with one attached hydrogen (secondary N) is 2. The monoisotopic (exact) mass is 1130 g/mol. The lowest BCUT2D eigenvalue weighted by Gasteiger charge is -2.33. The van der Waals surface area contributed by atoms with E-state index in [1.807, 2.05) is 0 Å². The highest BCUT2D eigenvalue weighted by molar-refractivity contribution is 6.10. The largest absolute Gasteiger partial charge is 0.356 e. The van der Waals surface area contributed by atoms with Crippen LogP contribution >= 0.6 is 0 Å². The minimum absolute atomic E-state index is 0.0964. The molecule has 15 rings (SSSR count). The van der Waals surface area contributed by atoms with Crippen molar-refractivity contribution in [3.63, 3.8) is 0 Å². The van der Waals surface area contributed by atoms with Gasteiger partial charge < -0.3 is 19.8 Å². The maximum Gasteiger partial charge on any atom is 0.0541 e. The van der Waals surface area contributed by atoms with Crippen molar-refractivity contribution in [3.05, 3.63) is 240 Å². The van der Waals surface area contributed by atoms with Crippen LogP contribution in [0.25, 0.3) is 88.4 Å². The standard InChI is InChI=1S/C83H82N4/c1-7-9-11-13-15-25-47-83(48-26-16-14-12-10-8-2)75-51-57(84-55-35-41-61-63-45-39-59(53-73(63)81(3,4)71(61)49-55)86-77-31-21-17-27-67(77)68-28-18-22-32-78(68)86)37-43-65(75)66-44-38-58(52-76(66)83)85-56-36-42-62-64-46-40-60(54-74(64)82(5,6)72(62)50-56)87-79-33-23-19-29-69(79)70-30-20-24-34-80(70)87/h17-24,27-46,49-54,84-85H,7-16,25-26,47-48H2,1-6H3. The lowest BCUT2D eigenvalue weighted by molar-refractivity contribution is 0.398. The molecule has 2 heterocycles. The van der Waals surface area contributed by atoms with Crippen LogP contribution in [0.15, 0.2) is 206 Å². The highest BCUT2D eigenvalue weighted by atomic mass is 15.0. The van der Waals surface area contributed by atoms with Crippen LogP contribution < -0.4 is 10.6 Å². The number of anilines is 4. The lowest BCUT2D eigenvalue weighted by atomic mass is 9.70. The normalized spacial score (nSPS) is 14.6. The first-order valence-corrected chi connectivity index (χ1v) is 33.0. The van der Waals surface area contributed by atoms with Crippen LogP contribution in [-0.2, 0) is 16.2 Å². The molecular formula is C83H82N4. The molecule has 2 aromatic heterocycles. The van der Waals surface area contributed by atoms with E-state index in [-0.39, 0.29) is 16.2 Å². The van der Waals surface area contributed by atoms with Gasteiger partial charge in [-0.05, 0) is 177 Å². The highest BCUT2D eigenvalue weighted by Crippen LogP contribution is 2.57. The summed E-state index contributed by atoms with van der Waals surface area (Å²) >= 11 is 0. The third-order valence-corrected chi connectivity index (χ3v) is 20.8. The van der Waals surface area contributed by atoms with Crippen molar-refractivity contribution in [1.82, 2.24) is 9.13 Å². The molecule has 0 saturated carbocycles. The fourth-order valence-electron chi connectivity index (χ4n) is 16.3. The van der Waals surface area contributed by atoms with E-state index in [1.165, 1.54) is 210 Å². The molecule has 87 heavy (non-hydrogen) atoms. The topological polar surface area (TPSA) is 33.9 Å².